The van der Waals surface area contributed by atoms with Crippen molar-refractivity contribution in [2.24, 2.45) is 10.9 Å². The summed E-state index contributed by atoms with van der Waals surface area (Å²) in [6.45, 7) is 1.96. The number of rotatable bonds is 10. The highest BCUT2D eigenvalue weighted by atomic mass is 79.9. The Bertz CT molecular complexity index is 692. The van der Waals surface area contributed by atoms with Gasteiger partial charge >= 0.3 is 0 Å². The van der Waals surface area contributed by atoms with Crippen molar-refractivity contribution in [1.29, 1.82) is 0 Å². The number of hydrogen-bond acceptors (Lipinski definition) is 3. The molecule has 0 atom stereocenters. The van der Waals surface area contributed by atoms with E-state index in [9.17, 15) is 4.79 Å². The van der Waals surface area contributed by atoms with Gasteiger partial charge in [0.05, 0.1) is 11.8 Å². The van der Waals surface area contributed by atoms with Gasteiger partial charge in [-0.2, -0.15) is 0 Å². The highest BCUT2D eigenvalue weighted by molar-refractivity contribution is 5.92. The van der Waals surface area contributed by atoms with Gasteiger partial charge in [-0.05, 0) is 12.8 Å². The quantitative estimate of drug-likeness (QED) is 0.114. The van der Waals surface area contributed by atoms with Crippen LogP contribution < -0.4 is 48.8 Å². The second-order valence-electron chi connectivity index (χ2n) is 6.07. The Labute approximate surface area is 181 Å². The lowest BCUT2D eigenvalue weighted by molar-refractivity contribution is -0.697. The van der Waals surface area contributed by atoms with Crippen molar-refractivity contribution in [3.05, 3.63) is 60.2 Å². The summed E-state index contributed by atoms with van der Waals surface area (Å²) < 4.78 is 4.23. The number of aromatic nitrogens is 2. The second kappa shape index (κ2) is 14.3. The van der Waals surface area contributed by atoms with E-state index in [1.54, 1.807) is 12.1 Å². The number of nitrogens with zero attached hydrogens (tertiary/aromatic N) is 3. The normalized spacial score (nSPS) is 10.2. The lowest BCUT2D eigenvalue weighted by Gasteiger charge is -2.00. The number of pyridine rings is 2. The molecule has 2 aromatic rings. The Balaban J connectivity index is 0.00000338. The summed E-state index contributed by atoms with van der Waals surface area (Å²) in [7, 11) is 0. The lowest BCUT2D eigenvalue weighted by Crippen LogP contribution is -3.00. The summed E-state index contributed by atoms with van der Waals surface area (Å²) in [5.41, 5.74) is 6.66. The first-order valence-electron chi connectivity index (χ1n) is 8.64. The van der Waals surface area contributed by atoms with Crippen LogP contribution in [0.2, 0.25) is 0 Å². The summed E-state index contributed by atoms with van der Waals surface area (Å²) in [6, 6.07) is 7.38. The fraction of sp³-hybridized carbons (Fsp3) is 0.368. The molecule has 3 N–H and O–H groups in total. The molecule has 148 valence electrons. The molecule has 0 saturated carbocycles. The molecule has 0 radical (unpaired) electrons. The maximum absolute atomic E-state index is 11.0. The van der Waals surface area contributed by atoms with E-state index in [0.717, 1.165) is 31.5 Å². The highest BCUT2D eigenvalue weighted by Crippen LogP contribution is 2.03. The van der Waals surface area contributed by atoms with Crippen LogP contribution in [-0.4, -0.2) is 17.3 Å². The molecular weight excluding hydrogens is 476 g/mol. The van der Waals surface area contributed by atoms with Gasteiger partial charge in [0.25, 0.3) is 0 Å². The number of halogens is 2. The van der Waals surface area contributed by atoms with Crippen LogP contribution in [0.4, 0.5) is 0 Å². The lowest BCUT2D eigenvalue weighted by atomic mass is 10.1. The molecule has 0 saturated heterocycles. The summed E-state index contributed by atoms with van der Waals surface area (Å²) in [5.74, 6) is -0.388. The Morgan fingerprint density at radius 2 is 1.33 bits per heavy atom. The van der Waals surface area contributed by atoms with Crippen LogP contribution in [0.1, 0.15) is 48.0 Å². The molecule has 27 heavy (non-hydrogen) atoms. The number of carbonyl (C=O) groups excluding carboxylic acids is 1. The zero-order valence-corrected chi connectivity index (χ0v) is 18.3. The zero-order chi connectivity index (χ0) is 17.9. The van der Waals surface area contributed by atoms with Crippen LogP contribution in [-0.2, 0) is 13.1 Å². The van der Waals surface area contributed by atoms with Gasteiger partial charge in [0.15, 0.2) is 24.8 Å². The third-order valence-corrected chi connectivity index (χ3v) is 4.13. The van der Waals surface area contributed by atoms with Gasteiger partial charge in [-0.15, -0.1) is 0 Å². The average Bonchev–Trinajstić information content (AvgIpc) is 2.63. The van der Waals surface area contributed by atoms with Gasteiger partial charge in [-0.3, -0.25) is 4.79 Å². The number of primary amides is 1. The van der Waals surface area contributed by atoms with Crippen LogP contribution in [0.3, 0.4) is 0 Å². The van der Waals surface area contributed by atoms with Gasteiger partial charge in [0, 0.05) is 42.7 Å². The Kier molecular flexibility index (Phi) is 13.3. The molecule has 8 heteroatoms. The largest absolute Gasteiger partial charge is 1.00 e. The average molecular weight is 502 g/mol. The molecule has 0 unspecified atom stereocenters. The maximum atomic E-state index is 11.0. The van der Waals surface area contributed by atoms with Gasteiger partial charge in [-0.1, -0.05) is 11.6 Å². The van der Waals surface area contributed by atoms with Crippen molar-refractivity contribution in [3.63, 3.8) is 0 Å². The monoisotopic (exact) mass is 500 g/mol. The van der Waals surface area contributed by atoms with E-state index >= 15 is 0 Å². The minimum absolute atomic E-state index is 0. The van der Waals surface area contributed by atoms with Gasteiger partial charge in [0.2, 0.25) is 5.91 Å². The molecule has 1 amide bonds. The van der Waals surface area contributed by atoms with Gasteiger partial charge in [0.1, 0.15) is 13.1 Å². The zero-order valence-electron chi connectivity index (χ0n) is 15.2. The standard InChI is InChI=1S/C19H24N4O2.2BrH/c20-19(24)18-8-14-23(15-9-18)11-5-3-1-2-4-10-22-12-6-17(7-13-22)16-21-25;;/h6-9,12-16H,1-5,10-11H2,(H-,20,24);2*1H. The number of aryl methyl sites for hydroxylation is 2. The van der Waals surface area contributed by atoms with E-state index in [1.807, 2.05) is 36.9 Å². The number of hydrogen-bond donors (Lipinski definition) is 2. The third-order valence-electron chi connectivity index (χ3n) is 4.13. The van der Waals surface area contributed by atoms with Gasteiger partial charge in [-0.25, -0.2) is 9.13 Å². The number of nitrogens with two attached hydrogens (primary N) is 1. The van der Waals surface area contributed by atoms with Crippen LogP contribution in [0.5, 0.6) is 0 Å². The van der Waals surface area contributed by atoms with Crippen LogP contribution in [0.25, 0.3) is 0 Å². The molecule has 0 aliphatic carbocycles. The molecule has 0 spiro atoms. The summed E-state index contributed by atoms with van der Waals surface area (Å²) in [4.78, 5) is 11.0. The van der Waals surface area contributed by atoms with Crippen molar-refractivity contribution in [2.75, 3.05) is 0 Å². The summed E-state index contributed by atoms with van der Waals surface area (Å²) in [6.07, 6.45) is 15.1. The molecule has 0 aromatic carbocycles. The van der Waals surface area contributed by atoms with E-state index in [4.69, 9.17) is 10.9 Å². The molecule has 0 aliphatic rings. The van der Waals surface area contributed by atoms with Crippen molar-refractivity contribution >= 4 is 12.1 Å². The van der Waals surface area contributed by atoms with Crippen LogP contribution in [0, 0.1) is 0 Å². The number of unbranched alkanes of at least 4 members (excludes halogenated alkanes) is 4. The minimum atomic E-state index is -0.388. The first-order valence-corrected chi connectivity index (χ1v) is 8.64. The fourth-order valence-corrected chi connectivity index (χ4v) is 2.66. The second-order valence-corrected chi connectivity index (χ2v) is 6.07. The molecule has 0 aliphatic heterocycles. The van der Waals surface area contributed by atoms with Crippen molar-refractivity contribution in [1.82, 2.24) is 0 Å². The van der Waals surface area contributed by atoms with Gasteiger partial charge < -0.3 is 44.9 Å². The van der Waals surface area contributed by atoms with E-state index in [1.165, 1.54) is 25.5 Å². The molecular formula is C19H26Br2N4O2. The number of amides is 1. The summed E-state index contributed by atoms with van der Waals surface area (Å²) >= 11 is 0. The van der Waals surface area contributed by atoms with Crippen LogP contribution >= 0.6 is 0 Å². The van der Waals surface area contributed by atoms with E-state index in [0.29, 0.717) is 5.56 Å². The predicted molar refractivity (Wildman–Crippen MR) is 94.3 cm³/mol. The molecule has 6 nitrogen and oxygen atoms in total. The molecule has 0 bridgehead atoms. The third kappa shape index (κ3) is 9.63. The Morgan fingerprint density at radius 1 is 0.889 bits per heavy atom. The van der Waals surface area contributed by atoms with E-state index in [-0.39, 0.29) is 39.9 Å². The SMILES string of the molecule is NC(=O)c1cc[n+](CCCCCCC[n+]2ccc(/C=N/O)cc2)cc1.[Br-].[Br-]. The molecule has 2 rings (SSSR count). The van der Waals surface area contributed by atoms with E-state index in [2.05, 4.69) is 14.3 Å². The molecule has 2 aromatic heterocycles. The fourth-order valence-electron chi connectivity index (χ4n) is 2.66. The molecule has 0 fully saturated rings. The van der Waals surface area contributed by atoms with Crippen molar-refractivity contribution in [2.45, 2.75) is 45.2 Å². The highest BCUT2D eigenvalue weighted by Gasteiger charge is 2.05. The topological polar surface area (TPSA) is 83.4 Å². The van der Waals surface area contributed by atoms with Crippen LogP contribution in [0.15, 0.2) is 54.2 Å². The first kappa shape index (κ1) is 25.2. The number of oxime groups is 1. The Morgan fingerprint density at radius 3 is 1.78 bits per heavy atom. The molecule has 2 heterocycles. The smallest absolute Gasteiger partial charge is 0.249 e. The predicted octanol–water partition coefficient (Wildman–Crippen LogP) is -4.17. The number of carbonyl (C=O) groups is 1. The van der Waals surface area contributed by atoms with E-state index < -0.39 is 0 Å². The summed E-state index contributed by atoms with van der Waals surface area (Å²) in [5, 5.41) is 11.5. The first-order chi connectivity index (χ1) is 12.2. The minimum Gasteiger partial charge on any atom is -1.00 e. The van der Waals surface area contributed by atoms with Crippen molar-refractivity contribution in [3.8, 4) is 0 Å². The Hall–Kier alpha value is -1.80. The van der Waals surface area contributed by atoms with Crippen molar-refractivity contribution < 1.29 is 53.1 Å². The maximum Gasteiger partial charge on any atom is 0.249 e.